The Kier molecular flexibility index (Phi) is 6.59. The lowest BCUT2D eigenvalue weighted by atomic mass is 10.0. The number of hydrogen-bond acceptors (Lipinski definition) is 5. The molecule has 16 heavy (non-hydrogen) atoms. The van der Waals surface area contributed by atoms with Crippen LogP contribution in [0.4, 0.5) is 0 Å². The van der Waals surface area contributed by atoms with Gasteiger partial charge >= 0.3 is 5.97 Å². The third-order valence-corrected chi connectivity index (χ3v) is 4.38. The average molecular weight is 251 g/mol. The van der Waals surface area contributed by atoms with Crippen molar-refractivity contribution in [1.82, 2.24) is 0 Å². The first kappa shape index (κ1) is 15.4. The van der Waals surface area contributed by atoms with E-state index in [1.165, 1.54) is 7.11 Å². The molecule has 0 aliphatic carbocycles. The summed E-state index contributed by atoms with van der Waals surface area (Å²) in [6, 6.07) is -0.368. The third-order valence-electron chi connectivity index (χ3n) is 2.67. The van der Waals surface area contributed by atoms with Gasteiger partial charge in [0.25, 0.3) is 0 Å². The summed E-state index contributed by atoms with van der Waals surface area (Å²) in [5, 5.41) is 0. The minimum absolute atomic E-state index is 0.0704. The molecule has 0 fully saturated rings. The van der Waals surface area contributed by atoms with Gasteiger partial charge in [-0.3, -0.25) is 4.79 Å². The molecule has 2 N–H and O–H groups in total. The molecule has 2 unspecified atom stereocenters. The fraction of sp³-hybridized carbons (Fsp3) is 0.900. The van der Waals surface area contributed by atoms with Gasteiger partial charge in [0.2, 0.25) is 0 Å². The Labute approximate surface area is 97.3 Å². The smallest absolute Gasteiger partial charge is 0.306 e. The van der Waals surface area contributed by atoms with E-state index >= 15 is 0 Å². The van der Waals surface area contributed by atoms with Crippen molar-refractivity contribution in [2.45, 2.75) is 32.7 Å². The fourth-order valence-electron chi connectivity index (χ4n) is 1.18. The molecule has 0 aromatic heterocycles. The Morgan fingerprint density at radius 3 is 2.44 bits per heavy atom. The molecule has 0 aromatic carbocycles. The molecule has 0 spiro atoms. The van der Waals surface area contributed by atoms with E-state index in [0.717, 1.165) is 6.42 Å². The van der Waals surface area contributed by atoms with Crippen LogP contribution in [-0.4, -0.2) is 39.0 Å². The van der Waals surface area contributed by atoms with Gasteiger partial charge < -0.3 is 10.5 Å². The zero-order chi connectivity index (χ0) is 12.8. The van der Waals surface area contributed by atoms with Crippen LogP contribution < -0.4 is 5.73 Å². The van der Waals surface area contributed by atoms with Crippen LogP contribution in [0, 0.1) is 5.92 Å². The van der Waals surface area contributed by atoms with Crippen LogP contribution in [0.3, 0.4) is 0 Å². The molecule has 6 heteroatoms. The molecule has 5 nitrogen and oxygen atoms in total. The van der Waals surface area contributed by atoms with Gasteiger partial charge in [0.1, 0.15) is 0 Å². The Morgan fingerprint density at radius 1 is 1.44 bits per heavy atom. The number of carbonyl (C=O) groups is 1. The molecule has 0 saturated carbocycles. The monoisotopic (exact) mass is 251 g/mol. The number of esters is 1. The van der Waals surface area contributed by atoms with Crippen LogP contribution in [-0.2, 0) is 19.4 Å². The standard InChI is InChI=1S/C10H21NO4S/c1-4-8(2)9(11)7-16(13,14)6-5-10(12)15-3/h8-9H,4-7,11H2,1-3H3. The topological polar surface area (TPSA) is 86.5 Å². The Bertz CT molecular complexity index is 313. The van der Waals surface area contributed by atoms with E-state index in [1.54, 1.807) is 0 Å². The van der Waals surface area contributed by atoms with E-state index in [0.29, 0.717) is 0 Å². The van der Waals surface area contributed by atoms with Crippen molar-refractivity contribution in [3.63, 3.8) is 0 Å². The van der Waals surface area contributed by atoms with E-state index in [1.807, 2.05) is 13.8 Å². The SMILES string of the molecule is CCC(C)C(N)CS(=O)(=O)CCC(=O)OC. The van der Waals surface area contributed by atoms with Crippen LogP contribution in [0.25, 0.3) is 0 Å². The predicted octanol–water partition coefficient (Wildman–Crippen LogP) is 0.338. The molecule has 0 aromatic rings. The third kappa shape index (κ3) is 6.07. The zero-order valence-electron chi connectivity index (χ0n) is 10.1. The largest absolute Gasteiger partial charge is 0.469 e. The second-order valence-electron chi connectivity index (χ2n) is 3.99. The Hall–Kier alpha value is -0.620. The normalized spacial score (nSPS) is 15.5. The Balaban J connectivity index is 4.20. The minimum Gasteiger partial charge on any atom is -0.469 e. The highest BCUT2D eigenvalue weighted by Crippen LogP contribution is 2.08. The second-order valence-corrected chi connectivity index (χ2v) is 6.22. The molecule has 0 aliphatic rings. The summed E-state index contributed by atoms with van der Waals surface area (Å²) in [6.45, 7) is 3.88. The van der Waals surface area contributed by atoms with E-state index in [-0.39, 0.29) is 29.9 Å². The number of nitrogens with two attached hydrogens (primary N) is 1. The van der Waals surface area contributed by atoms with Gasteiger partial charge in [-0.2, -0.15) is 0 Å². The van der Waals surface area contributed by atoms with Gasteiger partial charge in [-0.05, 0) is 5.92 Å². The summed E-state index contributed by atoms with van der Waals surface area (Å²) in [5.41, 5.74) is 5.76. The molecule has 0 saturated heterocycles. The van der Waals surface area contributed by atoms with Gasteiger partial charge in [-0.15, -0.1) is 0 Å². The van der Waals surface area contributed by atoms with Crippen LogP contribution in [0.2, 0.25) is 0 Å². The van der Waals surface area contributed by atoms with Gasteiger partial charge in [0.05, 0.1) is 25.0 Å². The van der Waals surface area contributed by atoms with Gasteiger partial charge in [0.15, 0.2) is 9.84 Å². The number of rotatable bonds is 7. The van der Waals surface area contributed by atoms with Crippen molar-refractivity contribution in [1.29, 1.82) is 0 Å². The van der Waals surface area contributed by atoms with Crippen molar-refractivity contribution < 1.29 is 17.9 Å². The van der Waals surface area contributed by atoms with Crippen molar-refractivity contribution in [3.05, 3.63) is 0 Å². The number of sulfone groups is 1. The summed E-state index contributed by atoms with van der Waals surface area (Å²) in [5.74, 6) is -0.614. The van der Waals surface area contributed by atoms with Crippen molar-refractivity contribution in [3.8, 4) is 0 Å². The maximum atomic E-state index is 11.6. The maximum Gasteiger partial charge on any atom is 0.306 e. The predicted molar refractivity (Wildman–Crippen MR) is 62.7 cm³/mol. The molecular weight excluding hydrogens is 230 g/mol. The molecular formula is C10H21NO4S. The first-order valence-corrected chi connectivity index (χ1v) is 7.17. The highest BCUT2D eigenvalue weighted by molar-refractivity contribution is 7.91. The van der Waals surface area contributed by atoms with Crippen LogP contribution in [0.5, 0.6) is 0 Å². The van der Waals surface area contributed by atoms with Crippen molar-refractivity contribution in [2.24, 2.45) is 11.7 Å². The lowest BCUT2D eigenvalue weighted by Gasteiger charge is -2.17. The number of methoxy groups -OCH3 is 1. The molecule has 0 bridgehead atoms. The molecule has 0 radical (unpaired) electrons. The summed E-state index contributed by atoms with van der Waals surface area (Å²) < 4.78 is 27.6. The van der Waals surface area contributed by atoms with Crippen LogP contribution >= 0.6 is 0 Å². The molecule has 0 heterocycles. The van der Waals surface area contributed by atoms with E-state index in [2.05, 4.69) is 4.74 Å². The Morgan fingerprint density at radius 2 is 2.00 bits per heavy atom. The summed E-state index contributed by atoms with van der Waals surface area (Å²) in [6.07, 6.45) is 0.736. The highest BCUT2D eigenvalue weighted by atomic mass is 32.2. The fourth-order valence-corrected chi connectivity index (χ4v) is 2.74. The zero-order valence-corrected chi connectivity index (χ0v) is 10.9. The van der Waals surface area contributed by atoms with Gasteiger partial charge in [-0.1, -0.05) is 20.3 Å². The highest BCUT2D eigenvalue weighted by Gasteiger charge is 2.21. The van der Waals surface area contributed by atoms with E-state index < -0.39 is 15.8 Å². The summed E-state index contributed by atoms with van der Waals surface area (Å²) in [7, 11) is -2.03. The average Bonchev–Trinajstić information content (AvgIpc) is 2.24. The maximum absolute atomic E-state index is 11.6. The quantitative estimate of drug-likeness (QED) is 0.659. The first-order chi connectivity index (χ1) is 7.32. The van der Waals surface area contributed by atoms with Crippen LogP contribution in [0.15, 0.2) is 0 Å². The number of ether oxygens (including phenoxy) is 1. The van der Waals surface area contributed by atoms with Crippen molar-refractivity contribution >= 4 is 15.8 Å². The molecule has 0 rings (SSSR count). The number of hydrogen-bond donors (Lipinski definition) is 1. The molecule has 2 atom stereocenters. The molecule has 0 amide bonds. The molecule has 0 aliphatic heterocycles. The summed E-state index contributed by atoms with van der Waals surface area (Å²) in [4.78, 5) is 10.8. The van der Waals surface area contributed by atoms with Gasteiger partial charge in [-0.25, -0.2) is 8.42 Å². The molecule has 96 valence electrons. The lowest BCUT2D eigenvalue weighted by Crippen LogP contribution is -2.36. The lowest BCUT2D eigenvalue weighted by molar-refractivity contribution is -0.140. The van der Waals surface area contributed by atoms with E-state index in [9.17, 15) is 13.2 Å². The van der Waals surface area contributed by atoms with Crippen molar-refractivity contribution in [2.75, 3.05) is 18.6 Å². The second kappa shape index (κ2) is 6.85. The minimum atomic E-state index is -3.27. The summed E-state index contributed by atoms with van der Waals surface area (Å²) >= 11 is 0. The van der Waals surface area contributed by atoms with E-state index in [4.69, 9.17) is 5.73 Å². The van der Waals surface area contributed by atoms with Gasteiger partial charge in [0, 0.05) is 6.04 Å². The first-order valence-electron chi connectivity index (χ1n) is 5.35. The van der Waals surface area contributed by atoms with Crippen LogP contribution in [0.1, 0.15) is 26.7 Å². The number of carbonyl (C=O) groups excluding carboxylic acids is 1.